The SMILES string of the molecule is CC1CN(c2ccc(CN)c(Br)c2)CC(CO)O1. The van der Waals surface area contributed by atoms with Crippen molar-refractivity contribution in [3.63, 3.8) is 0 Å². The van der Waals surface area contributed by atoms with Crippen LogP contribution in [0.5, 0.6) is 0 Å². The average molecular weight is 315 g/mol. The fourth-order valence-corrected chi connectivity index (χ4v) is 2.78. The third-order valence-electron chi connectivity index (χ3n) is 3.15. The molecule has 1 aromatic carbocycles. The van der Waals surface area contributed by atoms with E-state index in [1.807, 2.05) is 13.0 Å². The van der Waals surface area contributed by atoms with Crippen LogP contribution >= 0.6 is 15.9 Å². The fraction of sp³-hybridized carbons (Fsp3) is 0.538. The Morgan fingerprint density at radius 1 is 1.50 bits per heavy atom. The molecule has 1 heterocycles. The second kappa shape index (κ2) is 6.02. The van der Waals surface area contributed by atoms with Crippen molar-refractivity contribution in [2.24, 2.45) is 5.73 Å². The number of hydrogen-bond acceptors (Lipinski definition) is 4. The topological polar surface area (TPSA) is 58.7 Å². The number of rotatable bonds is 3. The lowest BCUT2D eigenvalue weighted by molar-refractivity contribution is -0.0421. The van der Waals surface area contributed by atoms with Gasteiger partial charge in [0.2, 0.25) is 0 Å². The molecule has 3 N–H and O–H groups in total. The summed E-state index contributed by atoms with van der Waals surface area (Å²) in [7, 11) is 0. The first kappa shape index (κ1) is 13.8. The van der Waals surface area contributed by atoms with Gasteiger partial charge in [0.25, 0.3) is 0 Å². The third-order valence-corrected chi connectivity index (χ3v) is 3.89. The van der Waals surface area contributed by atoms with E-state index in [-0.39, 0.29) is 18.8 Å². The highest BCUT2D eigenvalue weighted by atomic mass is 79.9. The molecule has 1 aliphatic rings. The molecule has 2 unspecified atom stereocenters. The van der Waals surface area contributed by atoms with Crippen LogP contribution in [0.15, 0.2) is 22.7 Å². The lowest BCUT2D eigenvalue weighted by Gasteiger charge is -2.37. The van der Waals surface area contributed by atoms with Crippen molar-refractivity contribution >= 4 is 21.6 Å². The van der Waals surface area contributed by atoms with Crippen molar-refractivity contribution in [3.8, 4) is 0 Å². The minimum Gasteiger partial charge on any atom is -0.394 e. The van der Waals surface area contributed by atoms with E-state index in [9.17, 15) is 5.11 Å². The van der Waals surface area contributed by atoms with Crippen molar-refractivity contribution in [1.29, 1.82) is 0 Å². The summed E-state index contributed by atoms with van der Waals surface area (Å²) in [4.78, 5) is 2.24. The molecule has 1 saturated heterocycles. The molecule has 0 bridgehead atoms. The predicted molar refractivity (Wildman–Crippen MR) is 75.7 cm³/mol. The summed E-state index contributed by atoms with van der Waals surface area (Å²) < 4.78 is 6.67. The highest BCUT2D eigenvalue weighted by molar-refractivity contribution is 9.10. The molecule has 1 aliphatic heterocycles. The highest BCUT2D eigenvalue weighted by Crippen LogP contribution is 2.26. The van der Waals surface area contributed by atoms with Crippen LogP contribution in [0, 0.1) is 0 Å². The lowest BCUT2D eigenvalue weighted by Crippen LogP contribution is -2.48. The van der Waals surface area contributed by atoms with Crippen molar-refractivity contribution in [1.82, 2.24) is 0 Å². The Morgan fingerprint density at radius 2 is 2.28 bits per heavy atom. The van der Waals surface area contributed by atoms with Gasteiger partial charge in [-0.2, -0.15) is 0 Å². The van der Waals surface area contributed by atoms with Gasteiger partial charge in [0.05, 0.1) is 18.8 Å². The van der Waals surface area contributed by atoms with Crippen molar-refractivity contribution < 1.29 is 9.84 Å². The molecule has 0 radical (unpaired) electrons. The quantitative estimate of drug-likeness (QED) is 0.887. The maximum absolute atomic E-state index is 9.23. The standard InChI is InChI=1S/C13H19BrN2O2/c1-9-6-16(7-12(8-17)18-9)11-3-2-10(5-15)13(14)4-11/h2-4,9,12,17H,5-8,15H2,1H3. The smallest absolute Gasteiger partial charge is 0.0984 e. The molecule has 1 aromatic rings. The first-order valence-corrected chi connectivity index (χ1v) is 6.93. The van der Waals surface area contributed by atoms with E-state index in [4.69, 9.17) is 10.5 Å². The lowest BCUT2D eigenvalue weighted by atomic mass is 10.1. The van der Waals surface area contributed by atoms with Gasteiger partial charge in [-0.25, -0.2) is 0 Å². The summed E-state index contributed by atoms with van der Waals surface area (Å²) in [5.74, 6) is 0. The van der Waals surface area contributed by atoms with Gasteiger partial charge < -0.3 is 20.5 Å². The summed E-state index contributed by atoms with van der Waals surface area (Å²) in [6.45, 7) is 4.17. The monoisotopic (exact) mass is 314 g/mol. The predicted octanol–water partition coefficient (Wildman–Crippen LogP) is 1.49. The molecule has 2 rings (SSSR count). The summed E-state index contributed by atoms with van der Waals surface area (Å²) in [6.07, 6.45) is 0.0190. The van der Waals surface area contributed by atoms with Crippen molar-refractivity contribution in [2.75, 3.05) is 24.6 Å². The number of aliphatic hydroxyl groups is 1. The van der Waals surface area contributed by atoms with E-state index in [0.29, 0.717) is 6.54 Å². The summed E-state index contributed by atoms with van der Waals surface area (Å²) in [5.41, 5.74) is 7.88. The van der Waals surface area contributed by atoms with Gasteiger partial charge >= 0.3 is 0 Å². The van der Waals surface area contributed by atoms with Gasteiger partial charge in [-0.05, 0) is 24.6 Å². The Balaban J connectivity index is 2.17. The molecule has 1 fully saturated rings. The Morgan fingerprint density at radius 3 is 2.89 bits per heavy atom. The fourth-order valence-electron chi connectivity index (χ4n) is 2.26. The number of morpholine rings is 1. The van der Waals surface area contributed by atoms with Gasteiger partial charge in [-0.15, -0.1) is 0 Å². The number of aliphatic hydroxyl groups excluding tert-OH is 1. The van der Waals surface area contributed by atoms with E-state index >= 15 is 0 Å². The molecular formula is C13H19BrN2O2. The zero-order valence-corrected chi connectivity index (χ0v) is 12.1. The molecule has 100 valence electrons. The Kier molecular flexibility index (Phi) is 4.61. The zero-order chi connectivity index (χ0) is 13.1. The number of nitrogens with two attached hydrogens (primary N) is 1. The van der Waals surface area contributed by atoms with E-state index < -0.39 is 0 Å². The van der Waals surface area contributed by atoms with Crippen LogP contribution in [-0.2, 0) is 11.3 Å². The molecular weight excluding hydrogens is 296 g/mol. The van der Waals surface area contributed by atoms with E-state index in [0.717, 1.165) is 28.8 Å². The van der Waals surface area contributed by atoms with Crippen LogP contribution in [-0.4, -0.2) is 37.0 Å². The molecule has 2 atom stereocenters. The van der Waals surface area contributed by atoms with E-state index in [2.05, 4.69) is 33.0 Å². The van der Waals surface area contributed by atoms with Crippen molar-refractivity contribution in [3.05, 3.63) is 28.2 Å². The highest BCUT2D eigenvalue weighted by Gasteiger charge is 2.25. The van der Waals surface area contributed by atoms with Crippen molar-refractivity contribution in [2.45, 2.75) is 25.7 Å². The Hall–Kier alpha value is -0.620. The molecule has 0 amide bonds. The van der Waals surface area contributed by atoms with Crippen LogP contribution in [0.4, 0.5) is 5.69 Å². The molecule has 18 heavy (non-hydrogen) atoms. The zero-order valence-electron chi connectivity index (χ0n) is 10.5. The second-order valence-corrected chi connectivity index (χ2v) is 5.49. The maximum Gasteiger partial charge on any atom is 0.0984 e. The molecule has 5 heteroatoms. The number of anilines is 1. The number of nitrogens with zero attached hydrogens (tertiary/aromatic N) is 1. The number of halogens is 1. The summed E-state index contributed by atoms with van der Waals surface area (Å²) in [5, 5.41) is 9.23. The average Bonchev–Trinajstić information content (AvgIpc) is 2.37. The van der Waals surface area contributed by atoms with E-state index in [1.165, 1.54) is 0 Å². The Bertz CT molecular complexity index is 414. The normalized spacial score (nSPS) is 24.3. The van der Waals surface area contributed by atoms with E-state index in [1.54, 1.807) is 0 Å². The van der Waals surface area contributed by atoms with Gasteiger partial charge in [0.1, 0.15) is 0 Å². The Labute approximate surface area is 116 Å². The van der Waals surface area contributed by atoms with Crippen LogP contribution in [0.25, 0.3) is 0 Å². The summed E-state index contributed by atoms with van der Waals surface area (Å²) >= 11 is 3.53. The largest absolute Gasteiger partial charge is 0.394 e. The van der Waals surface area contributed by atoms with Crippen LogP contribution in [0.2, 0.25) is 0 Å². The maximum atomic E-state index is 9.23. The molecule has 0 saturated carbocycles. The molecule has 0 spiro atoms. The minimum atomic E-state index is -0.110. The van der Waals surface area contributed by atoms with Gasteiger partial charge in [-0.1, -0.05) is 22.0 Å². The molecule has 4 nitrogen and oxygen atoms in total. The van der Waals surface area contributed by atoms with Crippen LogP contribution in [0.1, 0.15) is 12.5 Å². The van der Waals surface area contributed by atoms with Crippen LogP contribution in [0.3, 0.4) is 0 Å². The van der Waals surface area contributed by atoms with Gasteiger partial charge in [0, 0.05) is 29.8 Å². The second-order valence-electron chi connectivity index (χ2n) is 4.64. The number of ether oxygens (including phenoxy) is 1. The first-order chi connectivity index (χ1) is 8.63. The third kappa shape index (κ3) is 3.03. The number of hydrogen-bond donors (Lipinski definition) is 2. The summed E-state index contributed by atoms with van der Waals surface area (Å²) in [6, 6.07) is 6.18. The number of benzene rings is 1. The minimum absolute atomic E-state index is 0.0584. The first-order valence-electron chi connectivity index (χ1n) is 6.13. The van der Waals surface area contributed by atoms with Crippen LogP contribution < -0.4 is 10.6 Å². The van der Waals surface area contributed by atoms with Gasteiger partial charge in [-0.3, -0.25) is 0 Å². The van der Waals surface area contributed by atoms with Gasteiger partial charge in [0.15, 0.2) is 0 Å². The molecule has 0 aliphatic carbocycles. The molecule has 0 aromatic heterocycles.